The quantitative estimate of drug-likeness (QED) is 0.0120. The summed E-state index contributed by atoms with van der Waals surface area (Å²) in [6, 6.07) is 0. The molecule has 10 heteroatoms. The number of allylic oxidation sites excluding steroid dienone is 9. The van der Waals surface area contributed by atoms with Crippen molar-refractivity contribution < 1.29 is 42.4 Å². The highest BCUT2D eigenvalue weighted by Gasteiger charge is 2.25. The highest BCUT2D eigenvalue weighted by atomic mass is 31.2. The first-order chi connectivity index (χ1) is 27.0. The number of hydrogen-bond acceptors (Lipinski definition) is 7. The largest absolute Gasteiger partial charge is 0.492 e. The van der Waals surface area contributed by atoms with Crippen LogP contribution in [0, 0.1) is 0 Å². The Hall–Kier alpha value is -2.26. The Morgan fingerprint density at radius 2 is 1.21 bits per heavy atom. The van der Waals surface area contributed by atoms with Crippen molar-refractivity contribution >= 4 is 13.8 Å². The number of ether oxygens (including phenoxy) is 2. The first-order valence-electron chi connectivity index (χ1n) is 21.8. The van der Waals surface area contributed by atoms with Crippen LogP contribution in [0.5, 0.6) is 0 Å². The van der Waals surface area contributed by atoms with E-state index in [2.05, 4.69) is 44.2 Å². The SMILES string of the molecule is CCCCC/C=C\C/C=C\CC(O)/C=C\C=C\CCCC(=O)OC[C@H](COP(=O)(O)OCC[N+](C)(C)C)O/C=C/CCCCCCCC/C=C\CCCCCC. The van der Waals surface area contributed by atoms with Crippen LogP contribution >= 0.6 is 7.82 Å². The molecule has 3 atom stereocenters. The number of aliphatic hydroxyl groups is 1. The maximum atomic E-state index is 12.5. The Morgan fingerprint density at radius 1 is 0.661 bits per heavy atom. The Kier molecular flexibility index (Phi) is 36.7. The molecule has 56 heavy (non-hydrogen) atoms. The molecule has 2 N–H and O–H groups in total. The third-order valence-corrected chi connectivity index (χ3v) is 9.89. The van der Waals surface area contributed by atoms with E-state index in [0.717, 1.165) is 32.1 Å². The van der Waals surface area contributed by atoms with Crippen LogP contribution in [0.4, 0.5) is 0 Å². The van der Waals surface area contributed by atoms with Crippen molar-refractivity contribution in [3.05, 3.63) is 73.1 Å². The van der Waals surface area contributed by atoms with Crippen molar-refractivity contribution in [3.8, 4) is 0 Å². The van der Waals surface area contributed by atoms with Crippen LogP contribution in [0.15, 0.2) is 73.1 Å². The molecule has 0 aliphatic rings. The van der Waals surface area contributed by atoms with Crippen LogP contribution in [0.2, 0.25) is 0 Å². The van der Waals surface area contributed by atoms with Crippen molar-refractivity contribution in [2.24, 2.45) is 0 Å². The van der Waals surface area contributed by atoms with E-state index in [-0.39, 0.29) is 32.2 Å². The van der Waals surface area contributed by atoms with Crippen LogP contribution in [0.1, 0.15) is 155 Å². The maximum absolute atomic E-state index is 12.5. The van der Waals surface area contributed by atoms with Crippen LogP contribution in [-0.4, -0.2) is 80.2 Å². The maximum Gasteiger partial charge on any atom is 0.472 e. The van der Waals surface area contributed by atoms with E-state index in [9.17, 15) is 19.4 Å². The first kappa shape index (κ1) is 53.7. The average Bonchev–Trinajstić information content (AvgIpc) is 3.15. The molecule has 0 spiro atoms. The summed E-state index contributed by atoms with van der Waals surface area (Å²) < 4.78 is 34.6. The number of phosphoric acid groups is 1. The summed E-state index contributed by atoms with van der Waals surface area (Å²) in [5.41, 5.74) is 0. The number of aliphatic hydroxyl groups excluding tert-OH is 1. The molecule has 324 valence electrons. The normalized spacial score (nSPS) is 15.0. The van der Waals surface area contributed by atoms with E-state index in [1.807, 2.05) is 51.5 Å². The summed E-state index contributed by atoms with van der Waals surface area (Å²) in [6.07, 6.45) is 46.4. The Labute approximate surface area is 343 Å². The van der Waals surface area contributed by atoms with E-state index in [4.69, 9.17) is 18.5 Å². The summed E-state index contributed by atoms with van der Waals surface area (Å²) in [5, 5.41) is 10.1. The molecule has 0 rings (SSSR count). The minimum atomic E-state index is -4.30. The third-order valence-electron chi connectivity index (χ3n) is 8.91. The molecule has 0 heterocycles. The van der Waals surface area contributed by atoms with Gasteiger partial charge in [-0.25, -0.2) is 4.57 Å². The number of hydrogen-bond donors (Lipinski definition) is 2. The van der Waals surface area contributed by atoms with E-state index in [1.54, 1.807) is 12.3 Å². The predicted molar refractivity (Wildman–Crippen MR) is 234 cm³/mol. The summed E-state index contributed by atoms with van der Waals surface area (Å²) in [7, 11) is 1.58. The van der Waals surface area contributed by atoms with Gasteiger partial charge in [0.1, 0.15) is 19.8 Å². The minimum absolute atomic E-state index is 0.0630. The Bertz CT molecular complexity index is 1140. The molecule has 0 amide bonds. The second-order valence-corrected chi connectivity index (χ2v) is 17.1. The fourth-order valence-corrected chi connectivity index (χ4v) is 6.11. The monoisotopic (exact) mass is 809 g/mol. The van der Waals surface area contributed by atoms with Gasteiger partial charge in [0, 0.05) is 6.42 Å². The molecule has 0 aromatic carbocycles. The molecule has 0 aromatic rings. The van der Waals surface area contributed by atoms with Crippen LogP contribution < -0.4 is 0 Å². The lowest BCUT2D eigenvalue weighted by Crippen LogP contribution is -2.37. The van der Waals surface area contributed by atoms with Crippen LogP contribution in [-0.2, 0) is 27.9 Å². The van der Waals surface area contributed by atoms with Crippen molar-refractivity contribution in [2.45, 2.75) is 167 Å². The Morgan fingerprint density at radius 3 is 1.88 bits per heavy atom. The smallest absolute Gasteiger partial charge is 0.472 e. The second kappa shape index (κ2) is 38.3. The van der Waals surface area contributed by atoms with E-state index >= 15 is 0 Å². The number of carbonyl (C=O) groups is 1. The number of quaternary nitrogens is 1. The molecule has 0 aromatic heterocycles. The molecule has 0 bridgehead atoms. The molecular weight excluding hydrogens is 725 g/mol. The molecule has 0 fully saturated rings. The molecule has 0 aliphatic carbocycles. The molecular formula is C46H83NO8P+. The fraction of sp³-hybridized carbons (Fsp3) is 0.717. The first-order valence-corrected chi connectivity index (χ1v) is 23.3. The van der Waals surface area contributed by atoms with Gasteiger partial charge in [0.25, 0.3) is 0 Å². The Balaban J connectivity index is 4.50. The molecule has 2 unspecified atom stereocenters. The highest BCUT2D eigenvalue weighted by Crippen LogP contribution is 2.43. The van der Waals surface area contributed by atoms with Gasteiger partial charge in [-0.1, -0.05) is 132 Å². The highest BCUT2D eigenvalue weighted by molar-refractivity contribution is 7.47. The van der Waals surface area contributed by atoms with Gasteiger partial charge in [0.05, 0.1) is 40.1 Å². The topological polar surface area (TPSA) is 112 Å². The zero-order valence-electron chi connectivity index (χ0n) is 36.2. The predicted octanol–water partition coefficient (Wildman–Crippen LogP) is 12.0. The van der Waals surface area contributed by atoms with Gasteiger partial charge in [-0.3, -0.25) is 13.8 Å². The van der Waals surface area contributed by atoms with E-state index in [1.165, 1.54) is 83.5 Å². The molecule has 9 nitrogen and oxygen atoms in total. The number of likely N-dealkylation sites (N-methyl/N-ethyl adjacent to an activating group) is 1. The molecule has 0 saturated carbocycles. The van der Waals surface area contributed by atoms with Gasteiger partial charge in [0.15, 0.2) is 6.10 Å². The average molecular weight is 809 g/mol. The molecule has 0 radical (unpaired) electrons. The zero-order chi connectivity index (χ0) is 41.4. The third kappa shape index (κ3) is 41.4. The van der Waals surface area contributed by atoms with Crippen LogP contribution in [0.25, 0.3) is 0 Å². The van der Waals surface area contributed by atoms with Gasteiger partial charge in [0.2, 0.25) is 0 Å². The second-order valence-electron chi connectivity index (χ2n) is 15.6. The van der Waals surface area contributed by atoms with Gasteiger partial charge in [-0.05, 0) is 83.1 Å². The van der Waals surface area contributed by atoms with Crippen molar-refractivity contribution in [1.82, 2.24) is 0 Å². The summed E-state index contributed by atoms with van der Waals surface area (Å²) >= 11 is 0. The number of nitrogens with zero attached hydrogens (tertiary/aromatic N) is 1. The summed E-state index contributed by atoms with van der Waals surface area (Å²) in [4.78, 5) is 22.6. The minimum Gasteiger partial charge on any atom is -0.492 e. The lowest BCUT2D eigenvalue weighted by Gasteiger charge is -2.24. The molecule has 0 aliphatic heterocycles. The van der Waals surface area contributed by atoms with Crippen molar-refractivity contribution in [1.29, 1.82) is 0 Å². The number of carbonyl (C=O) groups excluding carboxylic acids is 1. The number of phosphoric ester groups is 1. The lowest BCUT2D eigenvalue weighted by atomic mass is 10.1. The van der Waals surface area contributed by atoms with Crippen molar-refractivity contribution in [2.75, 3.05) is 47.5 Å². The van der Waals surface area contributed by atoms with Gasteiger partial charge in [-0.15, -0.1) is 0 Å². The van der Waals surface area contributed by atoms with Crippen molar-refractivity contribution in [3.63, 3.8) is 0 Å². The number of unbranched alkanes of at least 4 members (excludes halogenated alkanes) is 15. The van der Waals surface area contributed by atoms with Gasteiger partial charge < -0.3 is 24.0 Å². The zero-order valence-corrected chi connectivity index (χ0v) is 37.1. The van der Waals surface area contributed by atoms with Crippen LogP contribution in [0.3, 0.4) is 0 Å². The number of esters is 1. The number of rotatable bonds is 39. The standard InChI is InChI=1S/C46H82NO8P/c1-6-8-10-12-14-16-17-18-19-20-21-22-24-26-31-35-40-52-45(43-55-56(50,51)54-41-39-47(3,4)5)42-53-46(49)38-34-30-27-29-33-37-44(48)36-32-28-25-23-15-13-11-9-7-2/h15-17,23,27-29,32-33,35,37,40,44-45,48H,6-14,18-22,24-26,30-31,34,36,38-39,41-43H2,1-5H3/p+1/b17-16-,23-15-,29-27+,32-28-,37-33-,40-35+/t44?,45-/m1/s1. The lowest BCUT2D eigenvalue weighted by molar-refractivity contribution is -0.870. The molecule has 0 saturated heterocycles. The fourth-order valence-electron chi connectivity index (χ4n) is 5.37. The summed E-state index contributed by atoms with van der Waals surface area (Å²) in [6.45, 7) is 4.67. The van der Waals surface area contributed by atoms with E-state index in [0.29, 0.717) is 30.3 Å². The van der Waals surface area contributed by atoms with Gasteiger partial charge in [-0.2, -0.15) is 0 Å². The van der Waals surface area contributed by atoms with Gasteiger partial charge >= 0.3 is 13.8 Å². The summed E-state index contributed by atoms with van der Waals surface area (Å²) in [5.74, 6) is -0.380. The van der Waals surface area contributed by atoms with E-state index < -0.39 is 20.0 Å².